The van der Waals surface area contributed by atoms with Crippen LogP contribution in [0.2, 0.25) is 0 Å². The molecule has 2 aliphatic rings. The SMILES string of the molecule is CSC1(CN2C(=O)C(C(C)C)NC(=O)C2C)CCCC1. The highest BCUT2D eigenvalue weighted by molar-refractivity contribution is 8.00. The summed E-state index contributed by atoms with van der Waals surface area (Å²) < 4.78 is 0.156. The zero-order chi connectivity index (χ0) is 14.9. The normalized spacial score (nSPS) is 29.9. The molecule has 1 saturated heterocycles. The maximum atomic E-state index is 12.7. The molecule has 1 heterocycles. The van der Waals surface area contributed by atoms with Gasteiger partial charge >= 0.3 is 0 Å². The van der Waals surface area contributed by atoms with E-state index in [0.29, 0.717) is 6.54 Å². The monoisotopic (exact) mass is 298 g/mol. The number of amides is 2. The molecule has 0 aromatic carbocycles. The van der Waals surface area contributed by atoms with Crippen LogP contribution < -0.4 is 5.32 Å². The molecule has 20 heavy (non-hydrogen) atoms. The van der Waals surface area contributed by atoms with Gasteiger partial charge in [-0.1, -0.05) is 26.7 Å². The highest BCUT2D eigenvalue weighted by atomic mass is 32.2. The number of carbonyl (C=O) groups excluding carboxylic acids is 2. The summed E-state index contributed by atoms with van der Waals surface area (Å²) in [5.41, 5.74) is 0. The number of hydrogen-bond donors (Lipinski definition) is 1. The van der Waals surface area contributed by atoms with Crippen LogP contribution in [0.15, 0.2) is 0 Å². The molecule has 0 spiro atoms. The van der Waals surface area contributed by atoms with Crippen molar-refractivity contribution in [1.29, 1.82) is 0 Å². The summed E-state index contributed by atoms with van der Waals surface area (Å²) in [6, 6.07) is -0.707. The molecule has 1 saturated carbocycles. The Kier molecular flexibility index (Phi) is 4.67. The molecule has 1 aliphatic heterocycles. The van der Waals surface area contributed by atoms with E-state index in [0.717, 1.165) is 12.8 Å². The van der Waals surface area contributed by atoms with Crippen LogP contribution in [0.5, 0.6) is 0 Å². The van der Waals surface area contributed by atoms with Gasteiger partial charge in [-0.3, -0.25) is 9.59 Å². The molecule has 2 atom stereocenters. The quantitative estimate of drug-likeness (QED) is 0.864. The van der Waals surface area contributed by atoms with Gasteiger partial charge in [-0.2, -0.15) is 11.8 Å². The summed E-state index contributed by atoms with van der Waals surface area (Å²) in [4.78, 5) is 26.6. The fraction of sp³-hybridized carbons (Fsp3) is 0.867. The van der Waals surface area contributed by atoms with Crippen LogP contribution >= 0.6 is 11.8 Å². The predicted molar refractivity (Wildman–Crippen MR) is 82.7 cm³/mol. The molecule has 1 N–H and O–H groups in total. The van der Waals surface area contributed by atoms with E-state index in [1.54, 1.807) is 0 Å². The zero-order valence-electron chi connectivity index (χ0n) is 12.9. The third-order valence-corrected chi connectivity index (χ3v) is 6.17. The van der Waals surface area contributed by atoms with Gasteiger partial charge in [0.15, 0.2) is 0 Å². The minimum absolute atomic E-state index is 0.0162. The smallest absolute Gasteiger partial charge is 0.246 e. The lowest BCUT2D eigenvalue weighted by molar-refractivity contribution is -0.150. The molecule has 114 valence electrons. The molecule has 5 heteroatoms. The molecule has 2 fully saturated rings. The molecule has 0 bridgehead atoms. The Morgan fingerprint density at radius 3 is 2.45 bits per heavy atom. The Hall–Kier alpha value is -0.710. The summed E-state index contributed by atoms with van der Waals surface area (Å²) >= 11 is 1.86. The number of rotatable bonds is 4. The summed E-state index contributed by atoms with van der Waals surface area (Å²) in [5, 5.41) is 2.86. The molecule has 0 aromatic heterocycles. The maximum absolute atomic E-state index is 12.7. The van der Waals surface area contributed by atoms with Gasteiger partial charge in [0.1, 0.15) is 12.1 Å². The number of nitrogens with one attached hydrogen (secondary N) is 1. The van der Waals surface area contributed by atoms with Gasteiger partial charge in [0.05, 0.1) is 0 Å². The first-order valence-electron chi connectivity index (χ1n) is 7.56. The minimum Gasteiger partial charge on any atom is -0.342 e. The first-order chi connectivity index (χ1) is 9.40. The van der Waals surface area contributed by atoms with Crippen LogP contribution in [0, 0.1) is 5.92 Å². The van der Waals surface area contributed by atoms with E-state index < -0.39 is 0 Å². The molecular weight excluding hydrogens is 272 g/mol. The number of carbonyl (C=O) groups is 2. The minimum atomic E-state index is -0.362. The molecule has 0 radical (unpaired) electrons. The fourth-order valence-corrected chi connectivity index (χ4v) is 4.23. The van der Waals surface area contributed by atoms with Crippen LogP contribution in [-0.4, -0.2) is 46.3 Å². The lowest BCUT2D eigenvalue weighted by Crippen LogP contribution is -2.65. The Bertz CT molecular complexity index is 391. The zero-order valence-corrected chi connectivity index (χ0v) is 13.8. The topological polar surface area (TPSA) is 49.4 Å². The number of hydrogen-bond acceptors (Lipinski definition) is 3. The summed E-state index contributed by atoms with van der Waals surface area (Å²) in [5.74, 6) is 0.209. The summed E-state index contributed by atoms with van der Waals surface area (Å²) in [7, 11) is 0. The van der Waals surface area contributed by atoms with E-state index in [1.165, 1.54) is 12.8 Å². The Balaban J connectivity index is 2.18. The average Bonchev–Trinajstić information content (AvgIpc) is 2.88. The Labute approximate surface area is 126 Å². The van der Waals surface area contributed by atoms with Crippen molar-refractivity contribution in [3.05, 3.63) is 0 Å². The van der Waals surface area contributed by atoms with Crippen LogP contribution in [0.1, 0.15) is 46.5 Å². The second-order valence-corrected chi connectivity index (χ2v) is 7.74. The molecule has 0 aromatic rings. The van der Waals surface area contributed by atoms with Crippen LogP contribution in [-0.2, 0) is 9.59 Å². The second-order valence-electron chi connectivity index (χ2n) is 6.47. The van der Waals surface area contributed by atoms with Crippen molar-refractivity contribution in [2.75, 3.05) is 12.8 Å². The van der Waals surface area contributed by atoms with Crippen molar-refractivity contribution in [1.82, 2.24) is 10.2 Å². The lowest BCUT2D eigenvalue weighted by atomic mass is 9.96. The third kappa shape index (κ3) is 2.83. The second kappa shape index (κ2) is 5.96. The molecule has 2 rings (SSSR count). The number of thioether (sulfide) groups is 1. The van der Waals surface area contributed by atoms with Crippen LogP contribution in [0.3, 0.4) is 0 Å². The third-order valence-electron chi connectivity index (χ3n) is 4.77. The van der Waals surface area contributed by atoms with Crippen molar-refractivity contribution in [3.8, 4) is 0 Å². The van der Waals surface area contributed by atoms with Gasteiger partial charge < -0.3 is 10.2 Å². The standard InChI is InChI=1S/C15H26N2O2S/c1-10(2)12-14(19)17(11(3)13(18)16-12)9-15(20-4)7-5-6-8-15/h10-12H,5-9H2,1-4H3,(H,16,18). The lowest BCUT2D eigenvalue weighted by Gasteiger charge is -2.43. The van der Waals surface area contributed by atoms with Gasteiger partial charge in [-0.25, -0.2) is 0 Å². The van der Waals surface area contributed by atoms with Crippen LogP contribution in [0.4, 0.5) is 0 Å². The summed E-state index contributed by atoms with van der Waals surface area (Å²) in [6.07, 6.45) is 6.90. The molecule has 1 aliphatic carbocycles. The van der Waals surface area contributed by atoms with Crippen molar-refractivity contribution < 1.29 is 9.59 Å². The van der Waals surface area contributed by atoms with Crippen molar-refractivity contribution in [2.45, 2.75) is 63.3 Å². The summed E-state index contributed by atoms with van der Waals surface area (Å²) in [6.45, 7) is 6.52. The first-order valence-corrected chi connectivity index (χ1v) is 8.79. The fourth-order valence-electron chi connectivity index (χ4n) is 3.27. The van der Waals surface area contributed by atoms with Crippen LogP contribution in [0.25, 0.3) is 0 Å². The molecule has 2 amide bonds. The number of nitrogens with zero attached hydrogens (tertiary/aromatic N) is 1. The van der Waals surface area contributed by atoms with Gasteiger partial charge in [-0.15, -0.1) is 0 Å². The molecule has 2 unspecified atom stereocenters. The van der Waals surface area contributed by atoms with Crippen molar-refractivity contribution >= 4 is 23.6 Å². The first kappa shape index (κ1) is 15.7. The maximum Gasteiger partial charge on any atom is 0.246 e. The van der Waals surface area contributed by atoms with E-state index >= 15 is 0 Å². The molecular formula is C15H26N2O2S. The average molecular weight is 298 g/mol. The Morgan fingerprint density at radius 2 is 1.95 bits per heavy atom. The highest BCUT2D eigenvalue weighted by Crippen LogP contribution is 2.41. The predicted octanol–water partition coefficient (Wildman–Crippen LogP) is 2.03. The van der Waals surface area contributed by atoms with Gasteiger partial charge in [0.2, 0.25) is 11.8 Å². The van der Waals surface area contributed by atoms with E-state index in [9.17, 15) is 9.59 Å². The van der Waals surface area contributed by atoms with E-state index in [1.807, 2.05) is 37.4 Å². The van der Waals surface area contributed by atoms with Gasteiger partial charge in [0, 0.05) is 11.3 Å². The largest absolute Gasteiger partial charge is 0.342 e. The molecule has 4 nitrogen and oxygen atoms in total. The van der Waals surface area contributed by atoms with E-state index in [2.05, 4.69) is 11.6 Å². The van der Waals surface area contributed by atoms with Crippen molar-refractivity contribution in [2.24, 2.45) is 5.92 Å². The van der Waals surface area contributed by atoms with E-state index in [-0.39, 0.29) is 34.6 Å². The van der Waals surface area contributed by atoms with Gasteiger partial charge in [0.25, 0.3) is 0 Å². The van der Waals surface area contributed by atoms with Gasteiger partial charge in [-0.05, 0) is 31.9 Å². The number of piperazine rings is 1. The van der Waals surface area contributed by atoms with E-state index in [4.69, 9.17) is 0 Å². The Morgan fingerprint density at radius 1 is 1.35 bits per heavy atom. The highest BCUT2D eigenvalue weighted by Gasteiger charge is 2.44. The van der Waals surface area contributed by atoms with Crippen molar-refractivity contribution in [3.63, 3.8) is 0 Å².